The molecule has 3 saturated heterocycles. The second-order valence-electron chi connectivity index (χ2n) is 8.01. The molecule has 154 valence electrons. The number of carbonyl (C=O) groups excluding carboxylic acids is 2. The van der Waals surface area contributed by atoms with Crippen molar-refractivity contribution in [3.05, 3.63) is 63.6 Å². The van der Waals surface area contributed by atoms with E-state index in [1.165, 1.54) is 11.0 Å². The van der Waals surface area contributed by atoms with Crippen LogP contribution in [0.1, 0.15) is 34.8 Å². The van der Waals surface area contributed by atoms with Gasteiger partial charge in [-0.25, -0.2) is 9.69 Å². The summed E-state index contributed by atoms with van der Waals surface area (Å²) in [5.41, 5.74) is 1.29. The quantitative estimate of drug-likeness (QED) is 0.723. The minimum Gasteiger partial charge on any atom is -0.478 e. The number of aromatic carboxylic acids is 1. The number of carboxylic acid groups (broad SMARTS) is 1. The van der Waals surface area contributed by atoms with Crippen LogP contribution in [-0.4, -0.2) is 40.4 Å². The van der Waals surface area contributed by atoms with Crippen LogP contribution in [0, 0.1) is 11.8 Å². The van der Waals surface area contributed by atoms with Crippen molar-refractivity contribution in [3.8, 4) is 0 Å². The molecule has 3 aliphatic rings. The molecular formula is C22H18Cl2N2O4. The van der Waals surface area contributed by atoms with Crippen LogP contribution in [0.2, 0.25) is 10.0 Å². The topological polar surface area (TPSA) is 77.9 Å². The first kappa shape index (κ1) is 19.5. The highest BCUT2D eigenvalue weighted by atomic mass is 35.5. The molecule has 5 rings (SSSR count). The van der Waals surface area contributed by atoms with Gasteiger partial charge in [0, 0.05) is 22.1 Å². The van der Waals surface area contributed by atoms with Gasteiger partial charge in [0.2, 0.25) is 11.8 Å². The fraction of sp³-hybridized carbons (Fsp3) is 0.318. The second kappa shape index (κ2) is 7.08. The molecule has 2 aromatic carbocycles. The fourth-order valence-electron chi connectivity index (χ4n) is 5.38. The van der Waals surface area contributed by atoms with Crippen molar-refractivity contribution in [2.45, 2.75) is 24.9 Å². The van der Waals surface area contributed by atoms with E-state index in [2.05, 4.69) is 4.90 Å². The lowest BCUT2D eigenvalue weighted by Crippen LogP contribution is -2.39. The predicted octanol–water partition coefficient (Wildman–Crippen LogP) is 4.02. The van der Waals surface area contributed by atoms with Gasteiger partial charge in [-0.15, -0.1) is 0 Å². The van der Waals surface area contributed by atoms with Gasteiger partial charge in [-0.2, -0.15) is 0 Å². The maximum atomic E-state index is 13.5. The molecule has 1 N–H and O–H groups in total. The Labute approximate surface area is 183 Å². The van der Waals surface area contributed by atoms with E-state index >= 15 is 0 Å². The minimum absolute atomic E-state index is 0.0374. The highest BCUT2D eigenvalue weighted by molar-refractivity contribution is 6.35. The number of halogens is 2. The van der Waals surface area contributed by atoms with Gasteiger partial charge >= 0.3 is 5.97 Å². The highest BCUT2D eigenvalue weighted by Gasteiger charge is 2.63. The molecule has 0 saturated carbocycles. The Bertz CT molecular complexity index is 1070. The zero-order valence-corrected chi connectivity index (χ0v) is 17.3. The fourth-order valence-corrected chi connectivity index (χ4v) is 5.89. The van der Waals surface area contributed by atoms with Crippen LogP contribution in [0.5, 0.6) is 0 Å². The SMILES string of the molecule is O=C(O)c1cccc(C2C3C(=O)N(c4cc(Cl)cc(Cl)c4)C(=O)C3C3CCCN32)c1. The largest absolute Gasteiger partial charge is 0.478 e. The molecule has 2 aromatic rings. The number of rotatable bonds is 3. The lowest BCUT2D eigenvalue weighted by molar-refractivity contribution is -0.123. The maximum Gasteiger partial charge on any atom is 0.335 e. The number of carboxylic acids is 1. The first-order valence-corrected chi connectivity index (χ1v) is 10.6. The summed E-state index contributed by atoms with van der Waals surface area (Å²) in [5, 5.41) is 10.1. The van der Waals surface area contributed by atoms with E-state index in [0.29, 0.717) is 15.7 Å². The summed E-state index contributed by atoms with van der Waals surface area (Å²) in [7, 11) is 0. The Morgan fingerprint density at radius 3 is 2.40 bits per heavy atom. The van der Waals surface area contributed by atoms with Crippen molar-refractivity contribution in [1.29, 1.82) is 0 Å². The third-order valence-electron chi connectivity index (χ3n) is 6.43. The molecule has 3 fully saturated rings. The number of nitrogens with zero attached hydrogens (tertiary/aromatic N) is 2. The summed E-state index contributed by atoms with van der Waals surface area (Å²) < 4.78 is 0. The maximum absolute atomic E-state index is 13.5. The molecule has 6 nitrogen and oxygen atoms in total. The predicted molar refractivity (Wildman–Crippen MR) is 112 cm³/mol. The number of imide groups is 1. The van der Waals surface area contributed by atoms with Crippen molar-refractivity contribution in [1.82, 2.24) is 4.90 Å². The monoisotopic (exact) mass is 444 g/mol. The standard InChI is InChI=1S/C22H18Cl2N2O4/c23-13-8-14(24)10-15(9-13)26-20(27)17-16-5-2-6-25(16)19(18(17)21(26)28)11-3-1-4-12(7-11)22(29)30/h1,3-4,7-10,16-19H,2,5-6H2,(H,29,30). The number of benzene rings is 2. The summed E-state index contributed by atoms with van der Waals surface area (Å²) in [6.45, 7) is 0.781. The van der Waals surface area contributed by atoms with E-state index in [1.807, 2.05) is 6.07 Å². The lowest BCUT2D eigenvalue weighted by Gasteiger charge is -2.29. The molecule has 3 heterocycles. The van der Waals surface area contributed by atoms with Crippen LogP contribution in [0.4, 0.5) is 5.69 Å². The average molecular weight is 445 g/mol. The van der Waals surface area contributed by atoms with E-state index < -0.39 is 17.8 Å². The van der Waals surface area contributed by atoms with Crippen LogP contribution in [-0.2, 0) is 9.59 Å². The molecule has 3 aliphatic heterocycles. The van der Waals surface area contributed by atoms with Gasteiger partial charge in [0.25, 0.3) is 0 Å². The zero-order valence-electron chi connectivity index (χ0n) is 15.8. The van der Waals surface area contributed by atoms with Crippen molar-refractivity contribution < 1.29 is 19.5 Å². The number of fused-ring (bicyclic) bond motifs is 3. The van der Waals surface area contributed by atoms with Crippen molar-refractivity contribution in [3.63, 3.8) is 0 Å². The van der Waals surface area contributed by atoms with E-state index in [0.717, 1.165) is 24.9 Å². The molecule has 4 unspecified atom stereocenters. The Morgan fingerprint density at radius 2 is 1.70 bits per heavy atom. The summed E-state index contributed by atoms with van der Waals surface area (Å²) >= 11 is 12.2. The molecule has 0 spiro atoms. The Balaban J connectivity index is 1.60. The van der Waals surface area contributed by atoms with Gasteiger partial charge in [0.1, 0.15) is 0 Å². The third-order valence-corrected chi connectivity index (χ3v) is 6.87. The lowest BCUT2D eigenvalue weighted by atomic mass is 9.85. The first-order valence-electron chi connectivity index (χ1n) is 9.80. The molecule has 0 aliphatic carbocycles. The van der Waals surface area contributed by atoms with E-state index in [4.69, 9.17) is 23.2 Å². The van der Waals surface area contributed by atoms with Crippen molar-refractivity contribution in [2.24, 2.45) is 11.8 Å². The van der Waals surface area contributed by atoms with Crippen LogP contribution >= 0.6 is 23.2 Å². The summed E-state index contributed by atoms with van der Waals surface area (Å²) in [4.78, 5) is 41.8. The molecule has 0 radical (unpaired) electrons. The van der Waals surface area contributed by atoms with Crippen molar-refractivity contribution in [2.75, 3.05) is 11.4 Å². The van der Waals surface area contributed by atoms with Crippen LogP contribution in [0.15, 0.2) is 42.5 Å². The summed E-state index contributed by atoms with van der Waals surface area (Å²) in [5.74, 6) is -2.57. The van der Waals surface area contributed by atoms with Gasteiger partial charge in [-0.3, -0.25) is 14.5 Å². The number of amides is 2. The summed E-state index contributed by atoms with van der Waals surface area (Å²) in [6, 6.07) is 11.0. The normalized spacial score (nSPS) is 28.1. The number of hydrogen-bond donors (Lipinski definition) is 1. The number of anilines is 1. The van der Waals surface area contributed by atoms with Gasteiger partial charge < -0.3 is 5.11 Å². The van der Waals surface area contributed by atoms with Gasteiger partial charge in [0.05, 0.1) is 23.1 Å². The molecule has 0 bridgehead atoms. The summed E-state index contributed by atoms with van der Waals surface area (Å²) in [6.07, 6.45) is 1.77. The first-order chi connectivity index (χ1) is 14.4. The van der Waals surface area contributed by atoms with Gasteiger partial charge in [-0.05, 0) is 55.3 Å². The Hall–Kier alpha value is -2.41. The molecule has 2 amide bonds. The van der Waals surface area contributed by atoms with E-state index in [1.54, 1.807) is 30.3 Å². The molecular weight excluding hydrogens is 427 g/mol. The second-order valence-corrected chi connectivity index (χ2v) is 8.89. The van der Waals surface area contributed by atoms with E-state index in [9.17, 15) is 19.5 Å². The van der Waals surface area contributed by atoms with Gasteiger partial charge in [-0.1, -0.05) is 35.3 Å². The number of hydrogen-bond acceptors (Lipinski definition) is 4. The van der Waals surface area contributed by atoms with E-state index in [-0.39, 0.29) is 29.5 Å². The van der Waals surface area contributed by atoms with Crippen LogP contribution in [0.25, 0.3) is 0 Å². The van der Waals surface area contributed by atoms with Crippen molar-refractivity contribution >= 4 is 46.7 Å². The van der Waals surface area contributed by atoms with Crippen LogP contribution in [0.3, 0.4) is 0 Å². The molecule has 4 atom stereocenters. The molecule has 8 heteroatoms. The molecule has 30 heavy (non-hydrogen) atoms. The van der Waals surface area contributed by atoms with Crippen LogP contribution < -0.4 is 4.90 Å². The third kappa shape index (κ3) is 2.86. The average Bonchev–Trinajstić information content (AvgIpc) is 3.33. The Kier molecular flexibility index (Phi) is 4.61. The number of carbonyl (C=O) groups is 3. The highest BCUT2D eigenvalue weighted by Crippen LogP contribution is 2.54. The zero-order chi connectivity index (χ0) is 21.2. The Morgan fingerprint density at radius 1 is 1.00 bits per heavy atom. The van der Waals surface area contributed by atoms with Gasteiger partial charge in [0.15, 0.2) is 0 Å². The molecule has 0 aromatic heterocycles. The minimum atomic E-state index is -1.02. The smallest absolute Gasteiger partial charge is 0.335 e.